The standard InChI is InChI=1S/C16H16N4O4/c17-14(21)13-8-12(18-20(13)11-4-2-1-3-5-11)15(22)19-7-6-10(9-19)16(23)24/h1-5,8,10H,6-7,9H2,(H2,17,21)(H,23,24). The van der Waals surface area contributed by atoms with E-state index in [0.717, 1.165) is 0 Å². The number of rotatable bonds is 4. The van der Waals surface area contributed by atoms with Gasteiger partial charge in [-0.1, -0.05) is 18.2 Å². The SMILES string of the molecule is NC(=O)c1cc(C(=O)N2CCC(C(=O)O)C2)nn1-c1ccccc1. The van der Waals surface area contributed by atoms with Crippen LogP contribution in [0.3, 0.4) is 0 Å². The lowest BCUT2D eigenvalue weighted by molar-refractivity contribution is -0.141. The fraction of sp³-hybridized carbons (Fsp3) is 0.250. The molecule has 1 aliphatic heterocycles. The third kappa shape index (κ3) is 2.85. The molecule has 0 spiro atoms. The molecule has 0 bridgehead atoms. The van der Waals surface area contributed by atoms with Crippen LogP contribution in [0.2, 0.25) is 0 Å². The highest BCUT2D eigenvalue weighted by Gasteiger charge is 2.32. The molecule has 24 heavy (non-hydrogen) atoms. The third-order valence-electron chi connectivity index (χ3n) is 4.01. The van der Waals surface area contributed by atoms with Gasteiger partial charge in [-0.05, 0) is 18.6 Å². The molecule has 0 aliphatic carbocycles. The Balaban J connectivity index is 1.91. The minimum absolute atomic E-state index is 0.0682. The molecule has 1 unspecified atom stereocenters. The number of hydrogen-bond acceptors (Lipinski definition) is 4. The van der Waals surface area contributed by atoms with Crippen molar-refractivity contribution >= 4 is 17.8 Å². The van der Waals surface area contributed by atoms with Crippen molar-refractivity contribution in [2.45, 2.75) is 6.42 Å². The van der Waals surface area contributed by atoms with Gasteiger partial charge in [0.2, 0.25) is 0 Å². The Hall–Kier alpha value is -3.16. The number of carbonyl (C=O) groups excluding carboxylic acids is 2. The third-order valence-corrected chi connectivity index (χ3v) is 4.01. The lowest BCUT2D eigenvalue weighted by atomic mass is 10.1. The summed E-state index contributed by atoms with van der Waals surface area (Å²) in [4.78, 5) is 36.6. The zero-order chi connectivity index (χ0) is 17.3. The van der Waals surface area contributed by atoms with Crippen LogP contribution >= 0.6 is 0 Å². The highest BCUT2D eigenvalue weighted by molar-refractivity contribution is 5.98. The molecule has 1 aromatic heterocycles. The van der Waals surface area contributed by atoms with Crippen molar-refractivity contribution < 1.29 is 19.5 Å². The van der Waals surface area contributed by atoms with Gasteiger partial charge >= 0.3 is 5.97 Å². The van der Waals surface area contributed by atoms with E-state index < -0.39 is 23.7 Å². The molecule has 3 rings (SSSR count). The Labute approximate surface area is 137 Å². The molecule has 1 atom stereocenters. The minimum atomic E-state index is -0.919. The predicted molar refractivity (Wildman–Crippen MR) is 83.7 cm³/mol. The van der Waals surface area contributed by atoms with Crippen LogP contribution in [0.1, 0.15) is 27.4 Å². The number of carboxylic acids is 1. The van der Waals surface area contributed by atoms with Gasteiger partial charge in [-0.3, -0.25) is 14.4 Å². The van der Waals surface area contributed by atoms with E-state index in [1.807, 2.05) is 6.07 Å². The molecule has 3 N–H and O–H groups in total. The molecular weight excluding hydrogens is 312 g/mol. The molecule has 124 valence electrons. The summed E-state index contributed by atoms with van der Waals surface area (Å²) >= 11 is 0. The number of aliphatic carboxylic acids is 1. The van der Waals surface area contributed by atoms with E-state index in [2.05, 4.69) is 5.10 Å². The van der Waals surface area contributed by atoms with Gasteiger partial charge in [0.1, 0.15) is 5.69 Å². The summed E-state index contributed by atoms with van der Waals surface area (Å²) in [5.41, 5.74) is 6.15. The van der Waals surface area contributed by atoms with E-state index in [1.54, 1.807) is 24.3 Å². The maximum Gasteiger partial charge on any atom is 0.308 e. The van der Waals surface area contributed by atoms with E-state index in [9.17, 15) is 14.4 Å². The number of carboxylic acid groups (broad SMARTS) is 1. The van der Waals surface area contributed by atoms with Gasteiger partial charge in [-0.2, -0.15) is 5.10 Å². The molecular formula is C16H16N4O4. The van der Waals surface area contributed by atoms with Crippen molar-refractivity contribution in [1.29, 1.82) is 0 Å². The summed E-state index contributed by atoms with van der Waals surface area (Å²) in [6.07, 6.45) is 0.406. The van der Waals surface area contributed by atoms with Crippen molar-refractivity contribution in [3.63, 3.8) is 0 Å². The molecule has 1 saturated heterocycles. The van der Waals surface area contributed by atoms with Gasteiger partial charge in [0, 0.05) is 19.2 Å². The average molecular weight is 328 g/mol. The van der Waals surface area contributed by atoms with Crippen molar-refractivity contribution in [2.24, 2.45) is 11.7 Å². The van der Waals surface area contributed by atoms with Crippen LogP contribution in [0, 0.1) is 5.92 Å². The number of hydrogen-bond donors (Lipinski definition) is 2. The first kappa shape index (κ1) is 15.7. The largest absolute Gasteiger partial charge is 0.481 e. The minimum Gasteiger partial charge on any atom is -0.481 e. The lowest BCUT2D eigenvalue weighted by Crippen LogP contribution is -2.30. The molecule has 8 heteroatoms. The predicted octanol–water partition coefficient (Wildman–Crippen LogP) is 0.518. The second kappa shape index (κ2) is 6.15. The second-order valence-corrected chi connectivity index (χ2v) is 5.60. The number of primary amides is 1. The highest BCUT2D eigenvalue weighted by Crippen LogP contribution is 2.20. The van der Waals surface area contributed by atoms with E-state index >= 15 is 0 Å². The average Bonchev–Trinajstić information content (AvgIpc) is 3.22. The van der Waals surface area contributed by atoms with E-state index in [4.69, 9.17) is 10.8 Å². The molecule has 2 aromatic rings. The maximum atomic E-state index is 12.5. The summed E-state index contributed by atoms with van der Waals surface area (Å²) in [7, 11) is 0. The molecule has 0 radical (unpaired) electrons. The van der Waals surface area contributed by atoms with Gasteiger partial charge in [-0.15, -0.1) is 0 Å². The Morgan fingerprint density at radius 2 is 1.92 bits per heavy atom. The quantitative estimate of drug-likeness (QED) is 0.848. The Kier molecular flexibility index (Phi) is 4.03. The molecule has 2 heterocycles. The number of aromatic nitrogens is 2. The van der Waals surface area contributed by atoms with Crippen LogP contribution < -0.4 is 5.73 Å². The Bertz CT molecular complexity index is 800. The Morgan fingerprint density at radius 1 is 1.21 bits per heavy atom. The fourth-order valence-corrected chi connectivity index (χ4v) is 2.74. The number of nitrogens with zero attached hydrogens (tertiary/aromatic N) is 3. The number of carbonyl (C=O) groups is 3. The molecule has 1 aromatic carbocycles. The van der Waals surface area contributed by atoms with Gasteiger partial charge < -0.3 is 15.7 Å². The Morgan fingerprint density at radius 3 is 2.50 bits per heavy atom. The van der Waals surface area contributed by atoms with Gasteiger partial charge in [0.05, 0.1) is 11.6 Å². The summed E-state index contributed by atoms with van der Waals surface area (Å²) in [5, 5.41) is 13.2. The summed E-state index contributed by atoms with van der Waals surface area (Å²) in [5.74, 6) is -2.59. The molecule has 8 nitrogen and oxygen atoms in total. The summed E-state index contributed by atoms with van der Waals surface area (Å²) < 4.78 is 1.32. The van der Waals surface area contributed by atoms with Crippen molar-refractivity contribution in [2.75, 3.05) is 13.1 Å². The van der Waals surface area contributed by atoms with Gasteiger partial charge in [0.25, 0.3) is 11.8 Å². The topological polar surface area (TPSA) is 119 Å². The van der Waals surface area contributed by atoms with Gasteiger partial charge in [0.15, 0.2) is 5.69 Å². The number of para-hydroxylation sites is 1. The highest BCUT2D eigenvalue weighted by atomic mass is 16.4. The van der Waals surface area contributed by atoms with Crippen molar-refractivity contribution in [3.05, 3.63) is 47.8 Å². The number of amides is 2. The smallest absolute Gasteiger partial charge is 0.308 e. The van der Waals surface area contributed by atoms with E-state index in [0.29, 0.717) is 18.7 Å². The molecule has 1 aliphatic rings. The lowest BCUT2D eigenvalue weighted by Gasteiger charge is -2.13. The second-order valence-electron chi connectivity index (χ2n) is 5.60. The fourth-order valence-electron chi connectivity index (χ4n) is 2.74. The normalized spacial score (nSPS) is 17.0. The number of benzene rings is 1. The van der Waals surface area contributed by atoms with Crippen molar-refractivity contribution in [1.82, 2.24) is 14.7 Å². The summed E-state index contributed by atoms with van der Waals surface area (Å²) in [6.45, 7) is 0.484. The van der Waals surface area contributed by atoms with E-state index in [-0.39, 0.29) is 17.9 Å². The van der Waals surface area contributed by atoms with Crippen LogP contribution in [-0.4, -0.2) is 50.7 Å². The van der Waals surface area contributed by atoms with Crippen LogP contribution in [-0.2, 0) is 4.79 Å². The van der Waals surface area contributed by atoms with Crippen LogP contribution in [0.25, 0.3) is 5.69 Å². The summed E-state index contributed by atoms with van der Waals surface area (Å²) in [6, 6.07) is 10.2. The zero-order valence-electron chi connectivity index (χ0n) is 12.8. The van der Waals surface area contributed by atoms with Crippen LogP contribution in [0.4, 0.5) is 0 Å². The molecule has 0 saturated carbocycles. The van der Waals surface area contributed by atoms with Crippen LogP contribution in [0.5, 0.6) is 0 Å². The first-order valence-corrected chi connectivity index (χ1v) is 7.44. The first-order chi connectivity index (χ1) is 11.5. The number of likely N-dealkylation sites (tertiary alicyclic amines) is 1. The van der Waals surface area contributed by atoms with Crippen molar-refractivity contribution in [3.8, 4) is 5.69 Å². The van der Waals surface area contributed by atoms with E-state index in [1.165, 1.54) is 15.6 Å². The maximum absolute atomic E-state index is 12.5. The monoisotopic (exact) mass is 328 g/mol. The van der Waals surface area contributed by atoms with Crippen LogP contribution in [0.15, 0.2) is 36.4 Å². The molecule has 1 fully saturated rings. The number of nitrogens with two attached hydrogens (primary N) is 1. The molecule has 2 amide bonds. The zero-order valence-corrected chi connectivity index (χ0v) is 12.8. The first-order valence-electron chi connectivity index (χ1n) is 7.44. The van der Waals surface area contributed by atoms with Gasteiger partial charge in [-0.25, -0.2) is 4.68 Å².